The molecule has 2 aromatic carbocycles. The Morgan fingerprint density at radius 2 is 1.69 bits per heavy atom. The Bertz CT molecular complexity index is 804. The summed E-state index contributed by atoms with van der Waals surface area (Å²) >= 11 is 0. The molecule has 1 saturated heterocycles. The third-order valence-corrected chi connectivity index (χ3v) is 4.86. The number of benzene rings is 2. The van der Waals surface area contributed by atoms with Crippen molar-refractivity contribution in [2.45, 2.75) is 40.0 Å². The molecule has 1 aliphatic rings. The van der Waals surface area contributed by atoms with Crippen LogP contribution in [0.4, 0.5) is 11.4 Å². The molecule has 1 unspecified atom stereocenters. The fourth-order valence-corrected chi connectivity index (χ4v) is 3.46. The Labute approximate surface area is 155 Å². The minimum atomic E-state index is -0.326. The van der Waals surface area contributed by atoms with Gasteiger partial charge in [0.1, 0.15) is 0 Å². The molecule has 0 aliphatic carbocycles. The predicted octanol–water partition coefficient (Wildman–Crippen LogP) is 4.42. The van der Waals surface area contributed by atoms with E-state index in [9.17, 15) is 9.59 Å². The lowest BCUT2D eigenvalue weighted by molar-refractivity contribution is -0.122. The summed E-state index contributed by atoms with van der Waals surface area (Å²) in [6, 6.07) is 14.0. The third kappa shape index (κ3) is 3.96. The van der Waals surface area contributed by atoms with Crippen molar-refractivity contribution in [2.24, 2.45) is 5.92 Å². The normalized spacial score (nSPS) is 17.0. The molecule has 0 bridgehead atoms. The van der Waals surface area contributed by atoms with E-state index in [0.717, 1.165) is 22.5 Å². The second-order valence-electron chi connectivity index (χ2n) is 7.52. The fraction of sp³-hybridized carbons (Fsp3) is 0.364. The molecule has 0 saturated carbocycles. The number of nitrogens with one attached hydrogen (secondary N) is 1. The van der Waals surface area contributed by atoms with Gasteiger partial charge in [-0.05, 0) is 60.7 Å². The molecule has 1 N–H and O–H groups in total. The number of nitrogens with zero attached hydrogens (tertiary/aromatic N) is 1. The Morgan fingerprint density at radius 1 is 1.08 bits per heavy atom. The van der Waals surface area contributed by atoms with Crippen LogP contribution in [0.2, 0.25) is 0 Å². The van der Waals surface area contributed by atoms with Gasteiger partial charge in [-0.1, -0.05) is 32.0 Å². The van der Waals surface area contributed by atoms with Gasteiger partial charge in [0.15, 0.2) is 0 Å². The zero-order valence-corrected chi connectivity index (χ0v) is 15.9. The Balaban J connectivity index is 1.69. The summed E-state index contributed by atoms with van der Waals surface area (Å²) in [5.74, 6) is 0.0373. The maximum atomic E-state index is 12.6. The van der Waals surface area contributed by atoms with Crippen molar-refractivity contribution < 1.29 is 9.59 Å². The van der Waals surface area contributed by atoms with Crippen LogP contribution in [0.25, 0.3) is 0 Å². The summed E-state index contributed by atoms with van der Waals surface area (Å²) in [5.41, 5.74) is 5.11. The highest BCUT2D eigenvalue weighted by Crippen LogP contribution is 2.27. The van der Waals surface area contributed by atoms with Gasteiger partial charge in [-0.3, -0.25) is 9.59 Å². The molecule has 4 nitrogen and oxygen atoms in total. The van der Waals surface area contributed by atoms with Crippen molar-refractivity contribution in [1.82, 2.24) is 0 Å². The molecule has 1 aliphatic heterocycles. The minimum absolute atomic E-state index is 0.00266. The first kappa shape index (κ1) is 18.2. The van der Waals surface area contributed by atoms with E-state index in [4.69, 9.17) is 0 Å². The van der Waals surface area contributed by atoms with Gasteiger partial charge in [0, 0.05) is 24.3 Å². The molecule has 2 amide bonds. The largest absolute Gasteiger partial charge is 0.326 e. The van der Waals surface area contributed by atoms with Crippen LogP contribution in [-0.2, 0) is 9.59 Å². The van der Waals surface area contributed by atoms with Crippen LogP contribution in [0.1, 0.15) is 42.9 Å². The van der Waals surface area contributed by atoms with Gasteiger partial charge in [-0.15, -0.1) is 0 Å². The van der Waals surface area contributed by atoms with Crippen molar-refractivity contribution in [3.63, 3.8) is 0 Å². The molecule has 4 heteroatoms. The lowest BCUT2D eigenvalue weighted by Gasteiger charge is -2.18. The highest BCUT2D eigenvalue weighted by atomic mass is 16.2. The van der Waals surface area contributed by atoms with Crippen LogP contribution in [-0.4, -0.2) is 18.4 Å². The number of amides is 2. The maximum Gasteiger partial charge on any atom is 0.229 e. The molecule has 0 radical (unpaired) electrons. The molecule has 136 valence electrons. The average molecular weight is 350 g/mol. The summed E-state index contributed by atoms with van der Waals surface area (Å²) in [6.07, 6.45) is 0.253. The van der Waals surface area contributed by atoms with E-state index in [1.165, 1.54) is 5.56 Å². The van der Waals surface area contributed by atoms with Gasteiger partial charge in [0.25, 0.3) is 0 Å². The molecule has 0 aromatic heterocycles. The molecule has 1 fully saturated rings. The number of hydrogen-bond acceptors (Lipinski definition) is 2. The SMILES string of the molecule is Cc1cc(C)cc(NC(=O)C2CC(=O)N(c3ccc(C(C)C)cc3)C2)c1. The van der Waals surface area contributed by atoms with E-state index in [1.807, 2.05) is 38.1 Å². The van der Waals surface area contributed by atoms with Crippen LogP contribution in [0, 0.1) is 19.8 Å². The summed E-state index contributed by atoms with van der Waals surface area (Å²) in [6.45, 7) is 8.72. The molecule has 1 atom stereocenters. The molecule has 2 aromatic rings. The molecular weight excluding hydrogens is 324 g/mol. The highest BCUT2D eigenvalue weighted by molar-refractivity contribution is 6.03. The number of aryl methyl sites for hydroxylation is 2. The first-order valence-corrected chi connectivity index (χ1v) is 9.13. The smallest absolute Gasteiger partial charge is 0.229 e. The van der Waals surface area contributed by atoms with Crippen molar-refractivity contribution in [3.8, 4) is 0 Å². The monoisotopic (exact) mass is 350 g/mol. The average Bonchev–Trinajstić information content (AvgIpc) is 2.96. The van der Waals surface area contributed by atoms with E-state index >= 15 is 0 Å². The number of carbonyl (C=O) groups excluding carboxylic acids is 2. The zero-order valence-electron chi connectivity index (χ0n) is 15.9. The zero-order chi connectivity index (χ0) is 18.8. The predicted molar refractivity (Wildman–Crippen MR) is 106 cm³/mol. The van der Waals surface area contributed by atoms with Crippen molar-refractivity contribution >= 4 is 23.2 Å². The molecular formula is C22H26N2O2. The van der Waals surface area contributed by atoms with Crippen LogP contribution in [0.5, 0.6) is 0 Å². The van der Waals surface area contributed by atoms with Gasteiger partial charge in [-0.2, -0.15) is 0 Å². The Kier molecular flexibility index (Phi) is 5.12. The molecule has 0 spiro atoms. The summed E-state index contributed by atoms with van der Waals surface area (Å²) in [5, 5.41) is 2.96. The first-order chi connectivity index (χ1) is 12.3. The molecule has 1 heterocycles. The lowest BCUT2D eigenvalue weighted by Crippen LogP contribution is -2.28. The second kappa shape index (κ2) is 7.32. The van der Waals surface area contributed by atoms with E-state index < -0.39 is 0 Å². The second-order valence-corrected chi connectivity index (χ2v) is 7.52. The number of rotatable bonds is 4. The third-order valence-electron chi connectivity index (χ3n) is 4.86. The number of anilines is 2. The van der Waals surface area contributed by atoms with Crippen molar-refractivity contribution in [2.75, 3.05) is 16.8 Å². The van der Waals surface area contributed by atoms with Crippen LogP contribution in [0.3, 0.4) is 0 Å². The number of carbonyl (C=O) groups is 2. The first-order valence-electron chi connectivity index (χ1n) is 9.13. The maximum absolute atomic E-state index is 12.6. The van der Waals surface area contributed by atoms with Crippen LogP contribution >= 0.6 is 0 Å². The van der Waals surface area contributed by atoms with Crippen molar-refractivity contribution in [3.05, 3.63) is 59.2 Å². The van der Waals surface area contributed by atoms with Gasteiger partial charge in [-0.25, -0.2) is 0 Å². The Hall–Kier alpha value is -2.62. The van der Waals surface area contributed by atoms with Gasteiger partial charge < -0.3 is 10.2 Å². The van der Waals surface area contributed by atoms with Gasteiger partial charge >= 0.3 is 0 Å². The molecule has 3 rings (SSSR count). The van der Waals surface area contributed by atoms with Crippen LogP contribution in [0.15, 0.2) is 42.5 Å². The van der Waals surface area contributed by atoms with Gasteiger partial charge in [0.05, 0.1) is 5.92 Å². The van der Waals surface area contributed by atoms with E-state index in [-0.39, 0.29) is 24.2 Å². The van der Waals surface area contributed by atoms with E-state index in [2.05, 4.69) is 37.4 Å². The van der Waals surface area contributed by atoms with Crippen LogP contribution < -0.4 is 10.2 Å². The van der Waals surface area contributed by atoms with E-state index in [0.29, 0.717) is 12.5 Å². The summed E-state index contributed by atoms with van der Waals surface area (Å²) in [4.78, 5) is 26.7. The quantitative estimate of drug-likeness (QED) is 0.887. The van der Waals surface area contributed by atoms with Crippen molar-refractivity contribution in [1.29, 1.82) is 0 Å². The minimum Gasteiger partial charge on any atom is -0.326 e. The highest BCUT2D eigenvalue weighted by Gasteiger charge is 2.35. The standard InChI is InChI=1S/C22H26N2O2/c1-14(2)17-5-7-20(8-6-17)24-13-18(12-21(24)25)22(26)23-19-10-15(3)9-16(4)11-19/h5-11,14,18H,12-13H2,1-4H3,(H,23,26). The van der Waals surface area contributed by atoms with E-state index in [1.54, 1.807) is 4.90 Å². The summed E-state index contributed by atoms with van der Waals surface area (Å²) < 4.78 is 0. The lowest BCUT2D eigenvalue weighted by atomic mass is 10.0. The molecule has 26 heavy (non-hydrogen) atoms. The van der Waals surface area contributed by atoms with Gasteiger partial charge in [0.2, 0.25) is 11.8 Å². The summed E-state index contributed by atoms with van der Waals surface area (Å²) in [7, 11) is 0. The fourth-order valence-electron chi connectivity index (χ4n) is 3.46. The topological polar surface area (TPSA) is 49.4 Å². The Morgan fingerprint density at radius 3 is 2.27 bits per heavy atom. The number of hydrogen-bond donors (Lipinski definition) is 1.